The maximum Gasteiger partial charge on any atom is 0.0990 e. The van der Waals surface area contributed by atoms with Crippen molar-refractivity contribution in [3.8, 4) is 0 Å². The van der Waals surface area contributed by atoms with E-state index in [1.165, 1.54) is 25.7 Å². The molecule has 0 saturated carbocycles. The Kier molecular flexibility index (Phi) is 1.86. The molecular weight excluding hydrogens is 166 g/mol. The minimum absolute atomic E-state index is 0.283. The fourth-order valence-corrected chi connectivity index (χ4v) is 3.05. The molecule has 0 amide bonds. The Morgan fingerprint density at radius 3 is 2.54 bits per heavy atom. The molecule has 74 valence electrons. The molecule has 3 nitrogen and oxygen atoms in total. The van der Waals surface area contributed by atoms with Gasteiger partial charge in [-0.25, -0.2) is 0 Å². The lowest BCUT2D eigenvalue weighted by Crippen LogP contribution is -2.53. The molecule has 3 heteroatoms. The number of hydrogen-bond donors (Lipinski definition) is 1. The summed E-state index contributed by atoms with van der Waals surface area (Å²) in [5.41, 5.74) is 0.283. The van der Waals surface area contributed by atoms with Crippen LogP contribution >= 0.6 is 0 Å². The van der Waals surface area contributed by atoms with Crippen molar-refractivity contribution in [2.45, 2.75) is 43.4 Å². The van der Waals surface area contributed by atoms with Gasteiger partial charge in [0.25, 0.3) is 0 Å². The normalized spacial score (nSPS) is 49.8. The molecule has 13 heavy (non-hydrogen) atoms. The van der Waals surface area contributed by atoms with Gasteiger partial charge in [-0.3, -0.25) is 0 Å². The first-order valence-corrected chi connectivity index (χ1v) is 5.36. The van der Waals surface area contributed by atoms with Gasteiger partial charge in [0.1, 0.15) is 0 Å². The zero-order chi connectivity index (χ0) is 8.73. The van der Waals surface area contributed by atoms with Crippen LogP contribution in [0.2, 0.25) is 0 Å². The standard InChI is InChI=1S/C10H17NO2/c1-3-10(4-2-8(1)11-10)9-7-12-5-6-13-9/h8-9,11H,1-7H2. The highest BCUT2D eigenvalue weighted by atomic mass is 16.6. The highest BCUT2D eigenvalue weighted by Crippen LogP contribution is 2.41. The predicted molar refractivity (Wildman–Crippen MR) is 48.7 cm³/mol. The van der Waals surface area contributed by atoms with Crippen molar-refractivity contribution in [3.05, 3.63) is 0 Å². The quantitative estimate of drug-likeness (QED) is 0.648. The summed E-state index contributed by atoms with van der Waals surface area (Å²) < 4.78 is 11.3. The van der Waals surface area contributed by atoms with E-state index in [0.717, 1.165) is 25.9 Å². The lowest BCUT2D eigenvalue weighted by Gasteiger charge is -2.37. The van der Waals surface area contributed by atoms with Crippen LogP contribution in [0.15, 0.2) is 0 Å². The molecule has 0 spiro atoms. The molecule has 0 aliphatic carbocycles. The number of ether oxygens (including phenoxy) is 2. The molecule has 3 aliphatic rings. The van der Waals surface area contributed by atoms with E-state index in [1.54, 1.807) is 0 Å². The zero-order valence-electron chi connectivity index (χ0n) is 7.92. The van der Waals surface area contributed by atoms with E-state index in [1.807, 2.05) is 0 Å². The predicted octanol–water partition coefficient (Wildman–Crippen LogP) is 0.686. The largest absolute Gasteiger partial charge is 0.376 e. The minimum atomic E-state index is 0.283. The summed E-state index contributed by atoms with van der Waals surface area (Å²) in [7, 11) is 0. The Bertz CT molecular complexity index is 193. The van der Waals surface area contributed by atoms with E-state index < -0.39 is 0 Å². The summed E-state index contributed by atoms with van der Waals surface area (Å²) in [6.45, 7) is 2.34. The minimum Gasteiger partial charge on any atom is -0.376 e. The molecule has 2 bridgehead atoms. The molecule has 0 aromatic rings. The summed E-state index contributed by atoms with van der Waals surface area (Å²) >= 11 is 0. The van der Waals surface area contributed by atoms with Gasteiger partial charge in [-0.2, -0.15) is 0 Å². The Morgan fingerprint density at radius 2 is 2.00 bits per heavy atom. The monoisotopic (exact) mass is 183 g/mol. The average Bonchev–Trinajstić information content (AvgIpc) is 2.80. The molecule has 3 saturated heterocycles. The van der Waals surface area contributed by atoms with Crippen LogP contribution in [0.3, 0.4) is 0 Å². The second-order valence-corrected chi connectivity index (χ2v) is 4.51. The summed E-state index contributed by atoms with van der Waals surface area (Å²) in [6, 6.07) is 0.769. The maximum absolute atomic E-state index is 5.80. The van der Waals surface area contributed by atoms with Crippen LogP contribution in [-0.2, 0) is 9.47 Å². The van der Waals surface area contributed by atoms with Gasteiger partial charge in [-0.05, 0) is 25.7 Å². The van der Waals surface area contributed by atoms with Crippen molar-refractivity contribution in [2.75, 3.05) is 19.8 Å². The van der Waals surface area contributed by atoms with Gasteiger partial charge < -0.3 is 14.8 Å². The third kappa shape index (κ3) is 1.22. The molecule has 1 atom stereocenters. The summed E-state index contributed by atoms with van der Waals surface area (Å²) in [5.74, 6) is 0. The van der Waals surface area contributed by atoms with Gasteiger partial charge in [0.15, 0.2) is 0 Å². The molecule has 3 fully saturated rings. The zero-order valence-corrected chi connectivity index (χ0v) is 7.92. The Balaban J connectivity index is 1.75. The van der Waals surface area contributed by atoms with Gasteiger partial charge in [0.2, 0.25) is 0 Å². The van der Waals surface area contributed by atoms with E-state index in [4.69, 9.17) is 9.47 Å². The van der Waals surface area contributed by atoms with Crippen molar-refractivity contribution < 1.29 is 9.47 Å². The van der Waals surface area contributed by atoms with Crippen LogP contribution in [0.4, 0.5) is 0 Å². The van der Waals surface area contributed by atoms with Gasteiger partial charge in [-0.15, -0.1) is 0 Å². The SMILES string of the molecule is C1COC(C23CCC(CC2)N3)CO1. The van der Waals surface area contributed by atoms with E-state index in [2.05, 4.69) is 5.32 Å². The van der Waals surface area contributed by atoms with Gasteiger partial charge >= 0.3 is 0 Å². The molecule has 1 unspecified atom stereocenters. The fraction of sp³-hybridized carbons (Fsp3) is 1.00. The third-order valence-corrected chi connectivity index (χ3v) is 3.80. The molecular formula is C10H17NO2. The maximum atomic E-state index is 5.80. The lowest BCUT2D eigenvalue weighted by molar-refractivity contribution is -0.120. The third-order valence-electron chi connectivity index (χ3n) is 3.80. The first kappa shape index (κ1) is 8.21. The fourth-order valence-electron chi connectivity index (χ4n) is 3.05. The second kappa shape index (κ2) is 2.94. The van der Waals surface area contributed by atoms with Crippen LogP contribution < -0.4 is 5.32 Å². The van der Waals surface area contributed by atoms with Crippen LogP contribution in [0.1, 0.15) is 25.7 Å². The first-order chi connectivity index (χ1) is 6.39. The van der Waals surface area contributed by atoms with E-state index >= 15 is 0 Å². The number of nitrogens with one attached hydrogen (secondary N) is 1. The number of hydrogen-bond acceptors (Lipinski definition) is 3. The number of rotatable bonds is 1. The van der Waals surface area contributed by atoms with Gasteiger partial charge in [0.05, 0.1) is 25.9 Å². The summed E-state index contributed by atoms with van der Waals surface area (Å²) in [6.07, 6.45) is 5.55. The molecule has 0 aromatic heterocycles. The highest BCUT2D eigenvalue weighted by Gasteiger charge is 2.50. The molecule has 1 N–H and O–H groups in total. The van der Waals surface area contributed by atoms with Crippen molar-refractivity contribution in [2.24, 2.45) is 0 Å². The van der Waals surface area contributed by atoms with Gasteiger partial charge in [0, 0.05) is 11.6 Å². The molecule has 3 heterocycles. The highest BCUT2D eigenvalue weighted by molar-refractivity contribution is 5.09. The Morgan fingerprint density at radius 1 is 1.15 bits per heavy atom. The van der Waals surface area contributed by atoms with Crippen molar-refractivity contribution >= 4 is 0 Å². The van der Waals surface area contributed by atoms with Crippen LogP contribution in [-0.4, -0.2) is 37.5 Å². The molecule has 0 radical (unpaired) electrons. The molecule has 0 aromatic carbocycles. The topological polar surface area (TPSA) is 30.5 Å². The van der Waals surface area contributed by atoms with Gasteiger partial charge in [-0.1, -0.05) is 0 Å². The van der Waals surface area contributed by atoms with Crippen molar-refractivity contribution in [1.82, 2.24) is 5.32 Å². The average molecular weight is 183 g/mol. The van der Waals surface area contributed by atoms with Crippen LogP contribution in [0, 0.1) is 0 Å². The Labute approximate surface area is 78.8 Å². The molecule has 3 aliphatic heterocycles. The molecule has 3 rings (SSSR count). The van der Waals surface area contributed by atoms with Crippen molar-refractivity contribution in [1.29, 1.82) is 0 Å². The first-order valence-electron chi connectivity index (χ1n) is 5.36. The van der Waals surface area contributed by atoms with E-state index in [9.17, 15) is 0 Å². The second-order valence-electron chi connectivity index (χ2n) is 4.51. The lowest BCUT2D eigenvalue weighted by atomic mass is 9.83. The van der Waals surface area contributed by atoms with E-state index in [-0.39, 0.29) is 5.54 Å². The summed E-state index contributed by atoms with van der Waals surface area (Å²) in [5, 5.41) is 3.71. The van der Waals surface area contributed by atoms with E-state index in [0.29, 0.717) is 6.10 Å². The van der Waals surface area contributed by atoms with Crippen LogP contribution in [0.25, 0.3) is 0 Å². The summed E-state index contributed by atoms with van der Waals surface area (Å²) in [4.78, 5) is 0. The smallest absolute Gasteiger partial charge is 0.0990 e. The number of fused-ring (bicyclic) bond motifs is 2. The Hall–Kier alpha value is -0.120. The van der Waals surface area contributed by atoms with Crippen molar-refractivity contribution in [3.63, 3.8) is 0 Å². The van der Waals surface area contributed by atoms with Crippen LogP contribution in [0.5, 0.6) is 0 Å².